The molecule has 0 rings (SSSR count). The maximum Gasteiger partial charge on any atom is 0.115 e. The van der Waals surface area contributed by atoms with Crippen LogP contribution in [0.3, 0.4) is 0 Å². The van der Waals surface area contributed by atoms with Crippen molar-refractivity contribution in [2.45, 2.75) is 110 Å². The van der Waals surface area contributed by atoms with Crippen LogP contribution in [0.2, 0.25) is 0 Å². The Labute approximate surface area is 156 Å². The summed E-state index contributed by atoms with van der Waals surface area (Å²) >= 11 is 0. The quantitative estimate of drug-likeness (QED) is 0.322. The summed E-state index contributed by atoms with van der Waals surface area (Å²) in [6.07, 6.45) is 16.0. The van der Waals surface area contributed by atoms with E-state index in [1.165, 1.54) is 70.6 Å². The first-order valence-electron chi connectivity index (χ1n) is 9.45. The van der Waals surface area contributed by atoms with Gasteiger partial charge in [0.25, 0.3) is 0 Å². The average Bonchev–Trinajstić information content (AvgIpc) is 2.41. The van der Waals surface area contributed by atoms with Gasteiger partial charge in [0.05, 0.1) is 14.9 Å². The van der Waals surface area contributed by atoms with Crippen LogP contribution < -0.4 is 19.7 Å². The second kappa shape index (κ2) is 14.2. The first-order valence-corrected chi connectivity index (χ1v) is 10.7. The summed E-state index contributed by atoms with van der Waals surface area (Å²) in [5, 5.41) is 9.88. The van der Waals surface area contributed by atoms with E-state index in [0.29, 0.717) is 0 Å². The van der Waals surface area contributed by atoms with E-state index in [-0.39, 0.29) is 5.41 Å². The second-order valence-corrected chi connectivity index (χ2v) is 8.50. The third kappa shape index (κ3) is 22.0. The predicted molar refractivity (Wildman–Crippen MR) is 91.9 cm³/mol. The van der Waals surface area contributed by atoms with Gasteiger partial charge in [0.2, 0.25) is 0 Å². The number of aliphatic hydroxyl groups is 1. The molecule has 1 atom stereocenters. The Kier molecular flexibility index (Phi) is 15.4. The molecule has 0 bridgehead atoms. The molecule has 0 aromatic carbocycles. The molecule has 4 N–H and O–H groups in total. The Hall–Kier alpha value is 0.0500. The number of unbranched alkanes of at least 4 members (excludes halogenated alkanes) is 10. The van der Waals surface area contributed by atoms with Gasteiger partial charge in [-0.25, -0.2) is 0 Å². The molecule has 0 spiro atoms. The SMILES string of the molecule is CCCCCCCCCCCCCC(C)(C)C(C)(N)O.[O-][Cl+3]([O-])([O-])O. The van der Waals surface area contributed by atoms with Crippen molar-refractivity contribution in [1.82, 2.24) is 0 Å². The van der Waals surface area contributed by atoms with Crippen LogP contribution in [0.15, 0.2) is 0 Å². The van der Waals surface area contributed by atoms with E-state index >= 15 is 0 Å². The summed E-state index contributed by atoms with van der Waals surface area (Å²) in [6, 6.07) is 0. The van der Waals surface area contributed by atoms with Crippen LogP contribution in [0, 0.1) is 15.7 Å². The lowest BCUT2D eigenvalue weighted by atomic mass is 9.78. The summed E-state index contributed by atoms with van der Waals surface area (Å²) in [7, 11) is -4.69. The standard InChI is InChI=1S/C18H39NO.ClHO4/c1-5-6-7-8-9-10-11-12-13-14-15-16-17(2,3)18(4,19)20;2-1(3,4)5/h20H,5-16,19H2,1-4H3;(H,2,3,4,5). The van der Waals surface area contributed by atoms with Crippen LogP contribution in [0.5, 0.6) is 0 Å². The van der Waals surface area contributed by atoms with Crippen molar-refractivity contribution in [3.05, 3.63) is 0 Å². The van der Waals surface area contributed by atoms with Crippen molar-refractivity contribution < 1.29 is 34.0 Å². The summed E-state index contributed by atoms with van der Waals surface area (Å²) in [5.41, 5.74) is 4.55. The predicted octanol–water partition coefficient (Wildman–Crippen LogP) is 1.26. The number of hydrogen-bond acceptors (Lipinski definition) is 6. The van der Waals surface area contributed by atoms with E-state index in [0.717, 1.165) is 6.42 Å². The zero-order chi connectivity index (χ0) is 20.0. The Morgan fingerprint density at radius 3 is 1.32 bits per heavy atom. The highest BCUT2D eigenvalue weighted by Crippen LogP contribution is 2.32. The monoisotopic (exact) mass is 385 g/mol. The number of rotatable bonds is 13. The molecule has 0 aromatic rings. The van der Waals surface area contributed by atoms with Gasteiger partial charge in [-0.1, -0.05) is 91.4 Å². The molecule has 0 aliphatic heterocycles. The molecule has 0 heterocycles. The number of hydrogen-bond donors (Lipinski definition) is 3. The van der Waals surface area contributed by atoms with Crippen LogP contribution in [-0.2, 0) is 0 Å². The minimum atomic E-state index is -4.69. The van der Waals surface area contributed by atoms with Crippen molar-refractivity contribution in [2.75, 3.05) is 0 Å². The van der Waals surface area contributed by atoms with Crippen LogP contribution in [-0.4, -0.2) is 15.5 Å². The number of nitrogens with two attached hydrogens (primary N) is 1. The molecule has 0 radical (unpaired) electrons. The molecule has 0 amide bonds. The van der Waals surface area contributed by atoms with Crippen molar-refractivity contribution in [1.29, 1.82) is 0 Å². The van der Waals surface area contributed by atoms with Gasteiger partial charge in [-0.15, -0.1) is 0 Å². The molecule has 0 saturated heterocycles. The average molecular weight is 386 g/mol. The summed E-state index contributed by atoms with van der Waals surface area (Å²) in [6.45, 7) is 8.10. The molecule has 25 heavy (non-hydrogen) atoms. The molecule has 7 heteroatoms. The first-order chi connectivity index (χ1) is 11.3. The van der Waals surface area contributed by atoms with Gasteiger partial charge >= 0.3 is 0 Å². The molecule has 1 unspecified atom stereocenters. The fraction of sp³-hybridized carbons (Fsp3) is 1.00. The molecule has 154 valence electrons. The number of halogens is 1. The highest BCUT2D eigenvalue weighted by molar-refractivity contribution is 4.84. The lowest BCUT2D eigenvalue weighted by Gasteiger charge is -2.37. The van der Waals surface area contributed by atoms with Crippen molar-refractivity contribution in [3.8, 4) is 0 Å². The Morgan fingerprint density at radius 2 is 1.04 bits per heavy atom. The zero-order valence-corrected chi connectivity index (χ0v) is 17.3. The van der Waals surface area contributed by atoms with Gasteiger partial charge in [-0.2, -0.15) is 14.0 Å². The van der Waals surface area contributed by atoms with Crippen LogP contribution in [0.25, 0.3) is 0 Å². The van der Waals surface area contributed by atoms with E-state index in [2.05, 4.69) is 20.8 Å². The molecule has 0 aliphatic carbocycles. The summed E-state index contributed by atoms with van der Waals surface area (Å²) in [4.78, 5) is 0. The Bertz CT molecular complexity index is 295. The van der Waals surface area contributed by atoms with Gasteiger partial charge in [0, 0.05) is 5.41 Å². The third-order valence-electron chi connectivity index (χ3n) is 4.78. The van der Waals surface area contributed by atoms with E-state index in [1.54, 1.807) is 6.92 Å². The van der Waals surface area contributed by atoms with E-state index in [1.807, 2.05) is 0 Å². The minimum absolute atomic E-state index is 0.188. The van der Waals surface area contributed by atoms with Crippen LogP contribution in [0.1, 0.15) is 105 Å². The van der Waals surface area contributed by atoms with Gasteiger partial charge in [0.15, 0.2) is 0 Å². The van der Waals surface area contributed by atoms with Gasteiger partial charge < -0.3 is 10.8 Å². The maximum absolute atomic E-state index is 9.88. The van der Waals surface area contributed by atoms with Crippen LogP contribution in [0.4, 0.5) is 0 Å². The molecule has 0 fully saturated rings. The topological polar surface area (TPSA) is 136 Å². The highest BCUT2D eigenvalue weighted by Gasteiger charge is 2.34. The zero-order valence-electron chi connectivity index (χ0n) is 16.6. The van der Waals surface area contributed by atoms with E-state index in [9.17, 15) is 5.11 Å². The molecule has 0 aliphatic rings. The molecule has 0 aromatic heterocycles. The highest BCUT2D eigenvalue weighted by atomic mass is 35.7. The Morgan fingerprint density at radius 1 is 0.760 bits per heavy atom. The largest absolute Gasteiger partial charge is 0.376 e. The molecule has 6 nitrogen and oxygen atoms in total. The third-order valence-corrected chi connectivity index (χ3v) is 4.78. The van der Waals surface area contributed by atoms with Crippen molar-refractivity contribution in [2.24, 2.45) is 11.1 Å². The fourth-order valence-corrected chi connectivity index (χ4v) is 2.48. The van der Waals surface area contributed by atoms with Gasteiger partial charge in [-0.05, 0) is 13.3 Å². The second-order valence-electron chi connectivity index (χ2n) is 7.71. The van der Waals surface area contributed by atoms with E-state index < -0.39 is 16.0 Å². The smallest absolute Gasteiger partial charge is 0.115 e. The maximum atomic E-state index is 9.88. The molecular formula is C18H40ClNO5. The normalized spacial score (nSPS) is 14.6. The van der Waals surface area contributed by atoms with E-state index in [4.69, 9.17) is 24.4 Å². The van der Waals surface area contributed by atoms with Crippen LogP contribution >= 0.6 is 0 Å². The fourth-order valence-electron chi connectivity index (χ4n) is 2.48. The van der Waals surface area contributed by atoms with Gasteiger partial charge in [0.1, 0.15) is 5.72 Å². The molecule has 0 saturated carbocycles. The lowest BCUT2D eigenvalue weighted by molar-refractivity contribution is -1.92. The minimum Gasteiger partial charge on any atom is -0.376 e. The lowest BCUT2D eigenvalue weighted by Crippen LogP contribution is -2.58. The van der Waals surface area contributed by atoms with Crippen molar-refractivity contribution in [3.63, 3.8) is 0 Å². The molecular weight excluding hydrogens is 346 g/mol. The summed E-state index contributed by atoms with van der Waals surface area (Å²) in [5.74, 6) is 0. The summed E-state index contributed by atoms with van der Waals surface area (Å²) < 4.78 is 32.7. The Balaban J connectivity index is 0. The van der Waals surface area contributed by atoms with Gasteiger partial charge in [-0.3, -0.25) is 0 Å². The first kappa shape index (κ1) is 27.3. The van der Waals surface area contributed by atoms with Crippen molar-refractivity contribution >= 4 is 0 Å².